The number of likely N-dealkylation sites (tertiary alicyclic amines) is 1. The molecule has 2 aliphatic rings. The van der Waals surface area contributed by atoms with Crippen LogP contribution in [-0.4, -0.2) is 29.9 Å². The minimum atomic E-state index is -0.640. The Morgan fingerprint density at radius 1 is 1.00 bits per heavy atom. The molecule has 1 N–H and O–H groups in total. The third-order valence-corrected chi connectivity index (χ3v) is 7.68. The van der Waals surface area contributed by atoms with E-state index in [9.17, 15) is 14.0 Å². The fraction of sp³-hybridized carbons (Fsp3) is 0.259. The van der Waals surface area contributed by atoms with Gasteiger partial charge in [0.1, 0.15) is 5.82 Å². The predicted molar refractivity (Wildman–Crippen MR) is 137 cm³/mol. The van der Waals surface area contributed by atoms with E-state index in [1.807, 2.05) is 43.3 Å². The average Bonchev–Trinajstić information content (AvgIpc) is 2.86. The van der Waals surface area contributed by atoms with Crippen molar-refractivity contribution in [3.8, 4) is 0 Å². The molecule has 5 rings (SSSR count). The van der Waals surface area contributed by atoms with Crippen molar-refractivity contribution >= 4 is 46.5 Å². The number of β-lactam (4-membered cyclic amide) rings is 1. The van der Waals surface area contributed by atoms with Crippen LogP contribution in [0.4, 0.5) is 20.6 Å². The van der Waals surface area contributed by atoms with Crippen molar-refractivity contribution in [2.45, 2.75) is 25.8 Å². The molecule has 0 aliphatic carbocycles. The van der Waals surface area contributed by atoms with E-state index in [2.05, 4.69) is 5.32 Å². The van der Waals surface area contributed by atoms with E-state index in [1.54, 1.807) is 28.0 Å². The van der Waals surface area contributed by atoms with Crippen LogP contribution in [0.1, 0.15) is 30.0 Å². The van der Waals surface area contributed by atoms with Crippen molar-refractivity contribution in [1.82, 2.24) is 4.90 Å². The Balaban J connectivity index is 1.38. The van der Waals surface area contributed by atoms with Gasteiger partial charge in [-0.2, -0.15) is 0 Å². The lowest BCUT2D eigenvalue weighted by Crippen LogP contribution is -2.67. The van der Waals surface area contributed by atoms with Gasteiger partial charge in [0.05, 0.1) is 22.2 Å². The molecule has 2 saturated heterocycles. The van der Waals surface area contributed by atoms with Gasteiger partial charge in [-0.3, -0.25) is 4.79 Å². The molecule has 0 saturated carbocycles. The van der Waals surface area contributed by atoms with Crippen molar-refractivity contribution in [1.29, 1.82) is 0 Å². The van der Waals surface area contributed by atoms with Gasteiger partial charge in [0.25, 0.3) is 0 Å². The zero-order chi connectivity index (χ0) is 24.7. The minimum absolute atomic E-state index is 0.00827. The van der Waals surface area contributed by atoms with Crippen LogP contribution in [0.2, 0.25) is 10.0 Å². The molecule has 3 aromatic carbocycles. The molecule has 5 nitrogen and oxygen atoms in total. The van der Waals surface area contributed by atoms with E-state index >= 15 is 0 Å². The van der Waals surface area contributed by atoms with Gasteiger partial charge in [0, 0.05) is 23.8 Å². The molecule has 3 aromatic rings. The van der Waals surface area contributed by atoms with Gasteiger partial charge in [-0.05, 0) is 73.4 Å². The zero-order valence-corrected chi connectivity index (χ0v) is 20.6. The topological polar surface area (TPSA) is 52.7 Å². The van der Waals surface area contributed by atoms with Crippen molar-refractivity contribution in [3.63, 3.8) is 0 Å². The second-order valence-electron chi connectivity index (χ2n) is 9.11. The van der Waals surface area contributed by atoms with E-state index in [-0.39, 0.29) is 23.8 Å². The largest absolute Gasteiger partial charge is 0.324 e. The monoisotopic (exact) mass is 511 g/mol. The van der Waals surface area contributed by atoms with Gasteiger partial charge >= 0.3 is 6.03 Å². The minimum Gasteiger partial charge on any atom is -0.324 e. The van der Waals surface area contributed by atoms with E-state index < -0.39 is 5.41 Å². The van der Waals surface area contributed by atoms with Crippen molar-refractivity contribution < 1.29 is 14.0 Å². The predicted octanol–water partition coefficient (Wildman–Crippen LogP) is 6.84. The molecule has 3 amide bonds. The van der Waals surface area contributed by atoms with Crippen LogP contribution in [0.25, 0.3) is 0 Å². The molecule has 2 aliphatic heterocycles. The molecule has 2 fully saturated rings. The highest BCUT2D eigenvalue weighted by Crippen LogP contribution is 2.57. The first-order valence-corrected chi connectivity index (χ1v) is 12.2. The number of rotatable bonds is 3. The number of para-hydroxylation sites is 1. The summed E-state index contributed by atoms with van der Waals surface area (Å²) in [6, 6.07) is 18.4. The normalized spacial score (nSPS) is 19.0. The summed E-state index contributed by atoms with van der Waals surface area (Å²) in [5, 5.41) is 4.02. The second-order valence-corrected chi connectivity index (χ2v) is 9.95. The lowest BCUT2D eigenvalue weighted by atomic mass is 9.62. The number of urea groups is 1. The summed E-state index contributed by atoms with van der Waals surface area (Å²) in [5.74, 6) is -0.362. The van der Waals surface area contributed by atoms with Crippen LogP contribution < -0.4 is 10.2 Å². The summed E-state index contributed by atoms with van der Waals surface area (Å²) in [4.78, 5) is 30.0. The smallest absolute Gasteiger partial charge is 0.321 e. The first-order valence-electron chi connectivity index (χ1n) is 11.5. The van der Waals surface area contributed by atoms with E-state index in [0.717, 1.165) is 11.1 Å². The first kappa shape index (κ1) is 23.6. The summed E-state index contributed by atoms with van der Waals surface area (Å²) < 4.78 is 13.5. The number of hydrogen-bond donors (Lipinski definition) is 1. The highest BCUT2D eigenvalue weighted by molar-refractivity contribution is 6.34. The van der Waals surface area contributed by atoms with Crippen LogP contribution in [0.5, 0.6) is 0 Å². The Bertz CT molecular complexity index is 1250. The summed E-state index contributed by atoms with van der Waals surface area (Å²) >= 11 is 12.4. The van der Waals surface area contributed by atoms with Crippen molar-refractivity contribution in [3.05, 3.63) is 93.7 Å². The lowest BCUT2D eigenvalue weighted by Gasteiger charge is -2.59. The highest BCUT2D eigenvalue weighted by atomic mass is 35.5. The first-order chi connectivity index (χ1) is 16.8. The highest BCUT2D eigenvalue weighted by Gasteiger charge is 2.62. The number of anilines is 2. The number of halogens is 3. The Morgan fingerprint density at radius 3 is 2.29 bits per heavy atom. The molecule has 180 valence electrons. The fourth-order valence-electron chi connectivity index (χ4n) is 5.21. The Kier molecular flexibility index (Phi) is 6.20. The van der Waals surface area contributed by atoms with E-state index in [4.69, 9.17) is 23.2 Å². The van der Waals surface area contributed by atoms with E-state index in [1.165, 1.54) is 12.1 Å². The van der Waals surface area contributed by atoms with Crippen LogP contribution in [-0.2, 0) is 4.79 Å². The van der Waals surface area contributed by atoms with Crippen molar-refractivity contribution in [2.75, 3.05) is 23.3 Å². The molecular weight excluding hydrogens is 488 g/mol. The summed E-state index contributed by atoms with van der Waals surface area (Å²) in [5.41, 5.74) is 2.45. The Labute approximate surface area is 213 Å². The van der Waals surface area contributed by atoms with Crippen LogP contribution >= 0.6 is 23.2 Å². The third-order valence-electron chi connectivity index (χ3n) is 7.11. The number of carbonyl (C=O) groups is 2. The molecule has 0 aromatic heterocycles. The standard InChI is InChI=1S/C27H24Cl2FN3O2/c1-17-3-2-4-22(29)23(17)31-26(35)32-15-13-27(14-16-32)24(18-5-7-19(28)8-6-18)33(25(27)34)21-11-9-20(30)10-12-21/h2-12,24H,13-16H2,1H3,(H,31,35). The number of nitrogens with one attached hydrogen (secondary N) is 1. The number of nitrogens with zero attached hydrogens (tertiary/aromatic N) is 2. The lowest BCUT2D eigenvalue weighted by molar-refractivity contribution is -0.144. The molecule has 8 heteroatoms. The second kappa shape index (κ2) is 9.17. The van der Waals surface area contributed by atoms with E-state index in [0.29, 0.717) is 47.4 Å². The summed E-state index contributed by atoms with van der Waals surface area (Å²) in [6.07, 6.45) is 1.04. The van der Waals surface area contributed by atoms with Gasteiger partial charge in [-0.25, -0.2) is 9.18 Å². The number of amides is 3. The zero-order valence-electron chi connectivity index (χ0n) is 19.1. The van der Waals surface area contributed by atoms with Gasteiger partial charge in [-0.1, -0.05) is 47.5 Å². The molecule has 35 heavy (non-hydrogen) atoms. The molecule has 0 bridgehead atoms. The SMILES string of the molecule is Cc1cccc(Cl)c1NC(=O)N1CCC2(CC1)C(=O)N(c1ccc(F)cc1)C2c1ccc(Cl)cc1. The molecule has 2 heterocycles. The van der Waals surface area contributed by atoms with Gasteiger partial charge < -0.3 is 15.1 Å². The van der Waals surface area contributed by atoms with Crippen LogP contribution in [0, 0.1) is 18.2 Å². The van der Waals surface area contributed by atoms with Crippen LogP contribution in [0.15, 0.2) is 66.7 Å². The third kappa shape index (κ3) is 4.15. The molecular formula is C27H24Cl2FN3O2. The number of carbonyl (C=O) groups excluding carboxylic acids is 2. The molecule has 1 atom stereocenters. The number of hydrogen-bond acceptors (Lipinski definition) is 2. The Hall–Kier alpha value is -3.09. The van der Waals surface area contributed by atoms with Gasteiger partial charge in [0.15, 0.2) is 0 Å². The molecule has 0 radical (unpaired) electrons. The van der Waals surface area contributed by atoms with Crippen molar-refractivity contribution in [2.24, 2.45) is 5.41 Å². The fourth-order valence-corrected chi connectivity index (χ4v) is 5.60. The number of piperidine rings is 1. The maximum absolute atomic E-state index is 13.6. The van der Waals surface area contributed by atoms with Gasteiger partial charge in [-0.15, -0.1) is 0 Å². The summed E-state index contributed by atoms with van der Waals surface area (Å²) in [6.45, 7) is 2.76. The quantitative estimate of drug-likeness (QED) is 0.391. The van der Waals surface area contributed by atoms with Crippen LogP contribution in [0.3, 0.4) is 0 Å². The average molecular weight is 512 g/mol. The molecule has 1 unspecified atom stereocenters. The molecule has 1 spiro atoms. The number of aryl methyl sites for hydroxylation is 1. The van der Waals surface area contributed by atoms with Gasteiger partial charge in [0.2, 0.25) is 5.91 Å². The maximum atomic E-state index is 13.6. The Morgan fingerprint density at radius 2 is 1.66 bits per heavy atom. The number of benzene rings is 3. The maximum Gasteiger partial charge on any atom is 0.321 e. The summed E-state index contributed by atoms with van der Waals surface area (Å²) in [7, 11) is 0.